The average Bonchev–Trinajstić information content (AvgIpc) is 3.08. The number of rotatable bonds is 5. The minimum atomic E-state index is -3.95. The molecule has 1 heterocycles. The number of nitrogens with zero attached hydrogens (tertiary/aromatic N) is 2. The number of hydrogen-bond donors (Lipinski definition) is 2. The van der Waals surface area contributed by atoms with Crippen LogP contribution in [0, 0.1) is 13.8 Å². The van der Waals surface area contributed by atoms with Crippen molar-refractivity contribution in [3.05, 3.63) is 63.1 Å². The number of anilines is 2. The zero-order valence-corrected chi connectivity index (χ0v) is 17.8. The van der Waals surface area contributed by atoms with Gasteiger partial charge < -0.3 is 0 Å². The number of nitrogens with one attached hydrogen (secondary N) is 2. The van der Waals surface area contributed by atoms with Crippen LogP contribution in [0.5, 0.6) is 0 Å². The first-order valence-corrected chi connectivity index (χ1v) is 10.9. The molecule has 0 saturated carbocycles. The van der Waals surface area contributed by atoms with Gasteiger partial charge in [-0.15, -0.1) is 10.2 Å². The molecule has 0 bridgehead atoms. The van der Waals surface area contributed by atoms with E-state index in [1.165, 1.54) is 18.2 Å². The zero-order valence-electron chi connectivity index (χ0n) is 14.7. The Balaban J connectivity index is 1.79. The minimum absolute atomic E-state index is 0.0253. The summed E-state index contributed by atoms with van der Waals surface area (Å²) in [5.41, 5.74) is 2.39. The largest absolute Gasteiger partial charge is 0.296 e. The van der Waals surface area contributed by atoms with Crippen LogP contribution in [0.4, 0.5) is 10.8 Å². The van der Waals surface area contributed by atoms with Crippen LogP contribution in [0.25, 0.3) is 0 Å². The summed E-state index contributed by atoms with van der Waals surface area (Å²) in [4.78, 5) is 12.3. The number of amides is 1. The Labute approximate surface area is 175 Å². The molecule has 0 unspecified atom stereocenters. The molecule has 11 heteroatoms. The number of carbonyl (C=O) groups excluding carboxylic acids is 1. The van der Waals surface area contributed by atoms with Crippen molar-refractivity contribution >= 4 is 61.3 Å². The van der Waals surface area contributed by atoms with Gasteiger partial charge in [-0.1, -0.05) is 46.7 Å². The lowest BCUT2D eigenvalue weighted by Gasteiger charge is -2.10. The molecular formula is C17H14Cl2N4O3S2. The summed E-state index contributed by atoms with van der Waals surface area (Å²) in [7, 11) is -3.95. The number of benzene rings is 2. The Kier molecular flexibility index (Phi) is 5.90. The fourth-order valence-electron chi connectivity index (χ4n) is 2.26. The van der Waals surface area contributed by atoms with E-state index in [0.717, 1.165) is 22.5 Å². The topological polar surface area (TPSA) is 101 Å². The van der Waals surface area contributed by atoms with Gasteiger partial charge in [-0.3, -0.25) is 14.8 Å². The predicted molar refractivity (Wildman–Crippen MR) is 111 cm³/mol. The van der Waals surface area contributed by atoms with Crippen LogP contribution < -0.4 is 10.0 Å². The Morgan fingerprint density at radius 1 is 1.11 bits per heavy atom. The molecule has 2 aromatic carbocycles. The Hall–Kier alpha value is -2.20. The molecular weight excluding hydrogens is 443 g/mol. The van der Waals surface area contributed by atoms with E-state index < -0.39 is 15.9 Å². The number of aryl methyl sites for hydroxylation is 1. The molecule has 146 valence electrons. The maximum atomic E-state index is 12.6. The fourth-order valence-corrected chi connectivity index (χ4v) is 4.77. The third-order valence-electron chi connectivity index (χ3n) is 3.88. The van der Waals surface area contributed by atoms with Crippen LogP contribution in [0.15, 0.2) is 40.7 Å². The van der Waals surface area contributed by atoms with E-state index in [0.29, 0.717) is 10.7 Å². The molecule has 0 spiro atoms. The molecule has 0 aliphatic heterocycles. The van der Waals surface area contributed by atoms with Crippen LogP contribution in [0.3, 0.4) is 0 Å². The monoisotopic (exact) mass is 456 g/mol. The Bertz CT molecular complexity index is 1160. The smallest absolute Gasteiger partial charge is 0.291 e. The van der Waals surface area contributed by atoms with Crippen molar-refractivity contribution in [3.8, 4) is 0 Å². The van der Waals surface area contributed by atoms with E-state index in [2.05, 4.69) is 20.2 Å². The first-order chi connectivity index (χ1) is 13.2. The predicted octanol–water partition coefficient (Wildman–Crippen LogP) is 4.51. The van der Waals surface area contributed by atoms with Gasteiger partial charge in [0.05, 0.1) is 16.3 Å². The zero-order chi connectivity index (χ0) is 20.5. The molecule has 7 nitrogen and oxygen atoms in total. The maximum Gasteiger partial charge on any atom is 0.291 e. The normalized spacial score (nSPS) is 11.3. The van der Waals surface area contributed by atoms with E-state index in [-0.39, 0.29) is 20.1 Å². The van der Waals surface area contributed by atoms with E-state index in [1.807, 2.05) is 19.9 Å². The quantitative estimate of drug-likeness (QED) is 0.549. The van der Waals surface area contributed by atoms with Crippen LogP contribution in [-0.4, -0.2) is 24.5 Å². The fraction of sp³-hybridized carbons (Fsp3) is 0.118. The average molecular weight is 457 g/mol. The van der Waals surface area contributed by atoms with Crippen molar-refractivity contribution < 1.29 is 13.2 Å². The lowest BCUT2D eigenvalue weighted by Crippen LogP contribution is -2.13. The van der Waals surface area contributed by atoms with Crippen LogP contribution >= 0.6 is 34.5 Å². The Morgan fingerprint density at radius 3 is 2.57 bits per heavy atom. The summed E-state index contributed by atoms with van der Waals surface area (Å²) >= 11 is 12.5. The standard InChI is InChI=1S/C17H14Cl2N4O3S2/c1-9-4-3-5-14(10(9)2)23-28(25,26)17-22-21-16(27-17)20-15(24)12-7-6-11(18)8-13(12)19/h3-8,23H,1-2H3,(H,20,21,24). The second-order valence-corrected chi connectivity index (χ2v) is 9.48. The minimum Gasteiger partial charge on any atom is -0.296 e. The summed E-state index contributed by atoms with van der Waals surface area (Å²) in [5.74, 6) is -0.552. The number of aromatic nitrogens is 2. The first-order valence-electron chi connectivity index (χ1n) is 7.86. The Morgan fingerprint density at radius 2 is 1.86 bits per heavy atom. The third kappa shape index (κ3) is 4.44. The van der Waals surface area contributed by atoms with Crippen molar-refractivity contribution in [2.24, 2.45) is 0 Å². The molecule has 0 saturated heterocycles. The molecule has 2 N–H and O–H groups in total. The van der Waals surface area contributed by atoms with Gasteiger partial charge in [0.25, 0.3) is 20.3 Å². The van der Waals surface area contributed by atoms with E-state index in [1.54, 1.807) is 12.1 Å². The SMILES string of the molecule is Cc1cccc(NS(=O)(=O)c2nnc(NC(=O)c3ccc(Cl)cc3Cl)s2)c1C. The van der Waals surface area contributed by atoms with Gasteiger partial charge in [0, 0.05) is 5.02 Å². The van der Waals surface area contributed by atoms with Gasteiger partial charge in [-0.2, -0.15) is 8.42 Å². The van der Waals surface area contributed by atoms with Crippen LogP contribution in [0.2, 0.25) is 10.0 Å². The molecule has 1 aromatic heterocycles. The van der Waals surface area contributed by atoms with Gasteiger partial charge in [0.15, 0.2) is 0 Å². The second kappa shape index (κ2) is 8.04. The van der Waals surface area contributed by atoms with Crippen LogP contribution in [0.1, 0.15) is 21.5 Å². The molecule has 0 radical (unpaired) electrons. The van der Waals surface area contributed by atoms with Crippen molar-refractivity contribution in [2.75, 3.05) is 10.0 Å². The summed E-state index contributed by atoms with van der Waals surface area (Å²) in [6, 6.07) is 9.71. The van der Waals surface area contributed by atoms with E-state index in [4.69, 9.17) is 23.2 Å². The highest BCUT2D eigenvalue weighted by atomic mass is 35.5. The van der Waals surface area contributed by atoms with Gasteiger partial charge in [-0.25, -0.2) is 0 Å². The van der Waals surface area contributed by atoms with Gasteiger partial charge >= 0.3 is 0 Å². The molecule has 0 aliphatic rings. The highest BCUT2D eigenvalue weighted by Crippen LogP contribution is 2.27. The summed E-state index contributed by atoms with van der Waals surface area (Å²) < 4.78 is 27.4. The second-order valence-electron chi connectivity index (χ2n) is 5.80. The molecule has 3 rings (SSSR count). The number of hydrogen-bond acceptors (Lipinski definition) is 6. The van der Waals surface area contributed by atoms with E-state index in [9.17, 15) is 13.2 Å². The maximum absolute atomic E-state index is 12.6. The summed E-state index contributed by atoms with van der Waals surface area (Å²) in [6.45, 7) is 3.70. The molecule has 0 fully saturated rings. The van der Waals surface area contributed by atoms with Crippen LogP contribution in [-0.2, 0) is 10.0 Å². The number of halogens is 2. The van der Waals surface area contributed by atoms with Crippen molar-refractivity contribution in [1.82, 2.24) is 10.2 Å². The first kappa shape index (κ1) is 20.5. The van der Waals surface area contributed by atoms with Gasteiger partial charge in [0.1, 0.15) is 0 Å². The summed E-state index contributed by atoms with van der Waals surface area (Å²) in [6.07, 6.45) is 0. The molecule has 3 aromatic rings. The molecule has 0 aliphatic carbocycles. The highest BCUT2D eigenvalue weighted by Gasteiger charge is 2.22. The van der Waals surface area contributed by atoms with Crippen molar-refractivity contribution in [3.63, 3.8) is 0 Å². The summed E-state index contributed by atoms with van der Waals surface area (Å²) in [5, 5.41) is 10.5. The molecule has 28 heavy (non-hydrogen) atoms. The van der Waals surface area contributed by atoms with Gasteiger partial charge in [-0.05, 0) is 49.2 Å². The number of sulfonamides is 1. The lowest BCUT2D eigenvalue weighted by atomic mass is 10.1. The van der Waals surface area contributed by atoms with Crippen molar-refractivity contribution in [1.29, 1.82) is 0 Å². The molecule has 1 amide bonds. The lowest BCUT2D eigenvalue weighted by molar-refractivity contribution is 0.102. The van der Waals surface area contributed by atoms with Crippen molar-refractivity contribution in [2.45, 2.75) is 18.2 Å². The highest BCUT2D eigenvalue weighted by molar-refractivity contribution is 7.94. The van der Waals surface area contributed by atoms with Gasteiger partial charge in [0.2, 0.25) is 5.13 Å². The third-order valence-corrected chi connectivity index (χ3v) is 7.00. The number of carbonyl (C=O) groups is 1. The van der Waals surface area contributed by atoms with E-state index >= 15 is 0 Å². The molecule has 0 atom stereocenters.